The molecule has 1 fully saturated rings. The lowest BCUT2D eigenvalue weighted by molar-refractivity contribution is -0.129. The monoisotopic (exact) mass is 315 g/mol. The molecule has 7 heteroatoms. The van der Waals surface area contributed by atoms with Crippen LogP contribution in [0.3, 0.4) is 0 Å². The fourth-order valence-electron chi connectivity index (χ4n) is 2.52. The number of carbonyl (C=O) groups excluding carboxylic acids is 1. The minimum Gasteiger partial charge on any atom is -0.353 e. The van der Waals surface area contributed by atoms with Crippen LogP contribution in [0.2, 0.25) is 0 Å². The van der Waals surface area contributed by atoms with Crippen LogP contribution in [0.15, 0.2) is 36.7 Å². The van der Waals surface area contributed by atoms with Crippen LogP contribution in [0.5, 0.6) is 0 Å². The van der Waals surface area contributed by atoms with Gasteiger partial charge in [0.1, 0.15) is 23.8 Å². The van der Waals surface area contributed by atoms with Gasteiger partial charge in [-0.15, -0.1) is 0 Å². The van der Waals surface area contributed by atoms with Crippen LogP contribution >= 0.6 is 0 Å². The molecule has 1 saturated heterocycles. The molecule has 1 aliphatic heterocycles. The Kier molecular flexibility index (Phi) is 4.36. The zero-order chi connectivity index (χ0) is 16.2. The highest BCUT2D eigenvalue weighted by Gasteiger charge is 2.19. The number of rotatable bonds is 3. The highest BCUT2D eigenvalue weighted by Crippen LogP contribution is 2.19. The second-order valence-electron chi connectivity index (χ2n) is 5.39. The van der Waals surface area contributed by atoms with Crippen molar-refractivity contribution < 1.29 is 9.18 Å². The molecule has 120 valence electrons. The van der Waals surface area contributed by atoms with Gasteiger partial charge in [0.2, 0.25) is 5.91 Å². The average molecular weight is 315 g/mol. The molecule has 6 nitrogen and oxygen atoms in total. The van der Waals surface area contributed by atoms with Crippen molar-refractivity contribution in [2.75, 3.05) is 36.4 Å². The fraction of sp³-hybridized carbons (Fsp3) is 0.312. The zero-order valence-electron chi connectivity index (χ0n) is 12.9. The SMILES string of the molecule is CC(=O)N1CCN(c2cc(Nc3ccc(F)cc3)ncn2)CC1. The second kappa shape index (κ2) is 6.60. The van der Waals surface area contributed by atoms with Crippen molar-refractivity contribution in [2.45, 2.75) is 6.92 Å². The van der Waals surface area contributed by atoms with Crippen molar-refractivity contribution in [3.05, 3.63) is 42.5 Å². The quantitative estimate of drug-likeness (QED) is 0.939. The molecular formula is C16H18FN5O. The first-order valence-corrected chi connectivity index (χ1v) is 7.47. The average Bonchev–Trinajstić information content (AvgIpc) is 2.57. The molecule has 0 saturated carbocycles. The van der Waals surface area contributed by atoms with Crippen LogP contribution in [-0.4, -0.2) is 47.0 Å². The molecule has 0 atom stereocenters. The molecule has 2 aromatic rings. The number of nitrogens with zero attached hydrogens (tertiary/aromatic N) is 4. The molecule has 1 aromatic carbocycles. The lowest BCUT2D eigenvalue weighted by Gasteiger charge is -2.34. The summed E-state index contributed by atoms with van der Waals surface area (Å²) in [6.07, 6.45) is 1.50. The Hall–Kier alpha value is -2.70. The smallest absolute Gasteiger partial charge is 0.219 e. The van der Waals surface area contributed by atoms with Crippen molar-refractivity contribution >= 4 is 23.2 Å². The highest BCUT2D eigenvalue weighted by molar-refractivity contribution is 5.73. The molecule has 0 unspecified atom stereocenters. The van der Waals surface area contributed by atoms with Gasteiger partial charge >= 0.3 is 0 Å². The van der Waals surface area contributed by atoms with Gasteiger partial charge in [-0.25, -0.2) is 14.4 Å². The number of halogens is 1. The maximum atomic E-state index is 12.9. The van der Waals surface area contributed by atoms with Crippen LogP contribution < -0.4 is 10.2 Å². The molecule has 23 heavy (non-hydrogen) atoms. The summed E-state index contributed by atoms with van der Waals surface area (Å²) in [4.78, 5) is 23.8. The van der Waals surface area contributed by atoms with Crippen molar-refractivity contribution in [3.8, 4) is 0 Å². The van der Waals surface area contributed by atoms with E-state index in [1.807, 2.05) is 11.0 Å². The maximum Gasteiger partial charge on any atom is 0.219 e. The number of piperazine rings is 1. The van der Waals surface area contributed by atoms with Gasteiger partial charge in [-0.2, -0.15) is 0 Å². The fourth-order valence-corrected chi connectivity index (χ4v) is 2.52. The molecule has 1 aromatic heterocycles. The summed E-state index contributed by atoms with van der Waals surface area (Å²) in [5.74, 6) is 1.29. The first-order chi connectivity index (χ1) is 11.1. The summed E-state index contributed by atoms with van der Waals surface area (Å²) in [5.41, 5.74) is 0.762. The van der Waals surface area contributed by atoms with Gasteiger partial charge in [0.05, 0.1) is 0 Å². The molecular weight excluding hydrogens is 297 g/mol. The number of hydrogen-bond acceptors (Lipinski definition) is 5. The van der Waals surface area contributed by atoms with Crippen LogP contribution in [0, 0.1) is 5.82 Å². The van der Waals surface area contributed by atoms with Gasteiger partial charge in [-0.1, -0.05) is 0 Å². The summed E-state index contributed by atoms with van der Waals surface area (Å²) in [6, 6.07) is 7.95. The zero-order valence-corrected chi connectivity index (χ0v) is 12.9. The molecule has 0 bridgehead atoms. The molecule has 1 amide bonds. The minimum atomic E-state index is -0.276. The van der Waals surface area contributed by atoms with Gasteiger partial charge in [0.15, 0.2) is 0 Å². The lowest BCUT2D eigenvalue weighted by atomic mass is 10.3. The van der Waals surface area contributed by atoms with Crippen molar-refractivity contribution in [3.63, 3.8) is 0 Å². The van der Waals surface area contributed by atoms with Gasteiger partial charge in [-0.3, -0.25) is 4.79 Å². The summed E-state index contributed by atoms with van der Waals surface area (Å²) in [6.45, 7) is 4.46. The maximum absolute atomic E-state index is 12.9. The van der Waals surface area contributed by atoms with E-state index in [1.54, 1.807) is 19.1 Å². The molecule has 0 aliphatic carbocycles. The second-order valence-corrected chi connectivity index (χ2v) is 5.39. The Morgan fingerprint density at radius 3 is 2.48 bits per heavy atom. The topological polar surface area (TPSA) is 61.4 Å². The normalized spacial score (nSPS) is 14.7. The van der Waals surface area contributed by atoms with E-state index in [0.29, 0.717) is 18.9 Å². The first-order valence-electron chi connectivity index (χ1n) is 7.47. The lowest BCUT2D eigenvalue weighted by Crippen LogP contribution is -2.48. The van der Waals surface area contributed by atoms with E-state index in [9.17, 15) is 9.18 Å². The van der Waals surface area contributed by atoms with E-state index >= 15 is 0 Å². The van der Waals surface area contributed by atoms with E-state index in [1.165, 1.54) is 18.5 Å². The van der Waals surface area contributed by atoms with Crippen molar-refractivity contribution in [1.29, 1.82) is 0 Å². The van der Waals surface area contributed by atoms with E-state index in [0.717, 1.165) is 24.6 Å². The Balaban J connectivity index is 1.68. The number of amides is 1. The predicted molar refractivity (Wildman–Crippen MR) is 86.2 cm³/mol. The summed E-state index contributed by atoms with van der Waals surface area (Å²) in [5, 5.41) is 3.13. The Morgan fingerprint density at radius 1 is 1.13 bits per heavy atom. The first kappa shape index (κ1) is 15.2. The van der Waals surface area contributed by atoms with Crippen molar-refractivity contribution in [2.24, 2.45) is 0 Å². The minimum absolute atomic E-state index is 0.103. The van der Waals surface area contributed by atoms with Crippen LogP contribution in [0.1, 0.15) is 6.92 Å². The molecule has 3 rings (SSSR count). The standard InChI is InChI=1S/C16H18FN5O/c1-12(23)21-6-8-22(9-7-21)16-10-15(18-11-19-16)20-14-4-2-13(17)3-5-14/h2-5,10-11H,6-9H2,1H3,(H,18,19,20). The third-order valence-corrected chi connectivity index (χ3v) is 3.82. The third kappa shape index (κ3) is 3.74. The molecule has 0 radical (unpaired) electrons. The summed E-state index contributed by atoms with van der Waals surface area (Å²) >= 11 is 0. The van der Waals surface area contributed by atoms with Crippen molar-refractivity contribution in [1.82, 2.24) is 14.9 Å². The van der Waals surface area contributed by atoms with E-state index in [-0.39, 0.29) is 11.7 Å². The Bertz CT molecular complexity index is 683. The van der Waals surface area contributed by atoms with Gasteiger partial charge in [-0.05, 0) is 24.3 Å². The molecule has 0 spiro atoms. The highest BCUT2D eigenvalue weighted by atomic mass is 19.1. The largest absolute Gasteiger partial charge is 0.353 e. The van der Waals surface area contributed by atoms with Gasteiger partial charge in [0.25, 0.3) is 0 Å². The number of aromatic nitrogens is 2. The molecule has 1 N–H and O–H groups in total. The van der Waals surface area contributed by atoms with Gasteiger partial charge in [0, 0.05) is 44.9 Å². The summed E-state index contributed by atoms with van der Waals surface area (Å²) in [7, 11) is 0. The van der Waals surface area contributed by atoms with E-state index in [4.69, 9.17) is 0 Å². The number of benzene rings is 1. The van der Waals surface area contributed by atoms with E-state index < -0.39 is 0 Å². The summed E-state index contributed by atoms with van der Waals surface area (Å²) < 4.78 is 12.9. The number of carbonyl (C=O) groups is 1. The number of anilines is 3. The van der Waals surface area contributed by atoms with Crippen LogP contribution in [0.25, 0.3) is 0 Å². The predicted octanol–water partition coefficient (Wildman–Crippen LogP) is 2.03. The number of hydrogen-bond donors (Lipinski definition) is 1. The Labute approximate surface area is 134 Å². The molecule has 2 heterocycles. The van der Waals surface area contributed by atoms with Crippen LogP contribution in [-0.2, 0) is 4.79 Å². The third-order valence-electron chi connectivity index (χ3n) is 3.82. The van der Waals surface area contributed by atoms with Gasteiger partial charge < -0.3 is 15.1 Å². The number of nitrogens with one attached hydrogen (secondary N) is 1. The van der Waals surface area contributed by atoms with E-state index in [2.05, 4.69) is 20.2 Å². The molecule has 1 aliphatic rings. The Morgan fingerprint density at radius 2 is 1.83 bits per heavy atom. The van der Waals surface area contributed by atoms with Crippen LogP contribution in [0.4, 0.5) is 21.7 Å².